The second kappa shape index (κ2) is 9.62. The molecule has 156 valence electrons. The molecule has 0 radical (unpaired) electrons. The molecule has 2 saturated carbocycles. The van der Waals surface area contributed by atoms with Gasteiger partial charge in [0.15, 0.2) is 0 Å². The van der Waals surface area contributed by atoms with Crippen LogP contribution in [0.25, 0.3) is 0 Å². The molecule has 1 heterocycles. The number of amides is 1. The molecule has 28 heavy (non-hydrogen) atoms. The molecule has 0 aliphatic heterocycles. The normalized spacial score (nSPS) is 18.8. The van der Waals surface area contributed by atoms with Gasteiger partial charge in [0, 0.05) is 24.2 Å². The Bertz CT molecular complexity index is 682. The molecule has 0 bridgehead atoms. The maximum absolute atomic E-state index is 13.5. The van der Waals surface area contributed by atoms with Crippen molar-refractivity contribution in [2.24, 2.45) is 5.92 Å². The molecule has 0 aromatic carbocycles. The zero-order valence-corrected chi connectivity index (χ0v) is 17.8. The summed E-state index contributed by atoms with van der Waals surface area (Å²) < 4.78 is 5.19. The molecule has 0 unspecified atom stereocenters. The average Bonchev–Trinajstić information content (AvgIpc) is 3.01. The van der Waals surface area contributed by atoms with Crippen molar-refractivity contribution in [2.45, 2.75) is 97.6 Å². The summed E-state index contributed by atoms with van der Waals surface area (Å²) in [5.41, 5.74) is 3.51. The molecule has 5 heteroatoms. The lowest BCUT2D eigenvalue weighted by atomic mass is 9.86. The Labute approximate surface area is 169 Å². The molecular weight excluding hydrogens is 352 g/mol. The minimum absolute atomic E-state index is 0.180. The summed E-state index contributed by atoms with van der Waals surface area (Å²) in [5, 5.41) is 0. The summed E-state index contributed by atoms with van der Waals surface area (Å²) in [6, 6.07) is 0.336. The third-order valence-corrected chi connectivity index (χ3v) is 6.65. The van der Waals surface area contributed by atoms with Crippen molar-refractivity contribution >= 4 is 11.9 Å². The number of esters is 1. The van der Waals surface area contributed by atoms with Crippen molar-refractivity contribution < 1.29 is 14.3 Å². The first-order chi connectivity index (χ1) is 13.5. The number of aryl methyl sites for hydroxylation is 1. The van der Waals surface area contributed by atoms with Crippen LogP contribution in [0.5, 0.6) is 0 Å². The summed E-state index contributed by atoms with van der Waals surface area (Å²) in [7, 11) is 0. The number of aromatic amines is 1. The summed E-state index contributed by atoms with van der Waals surface area (Å²) in [6.45, 7) is 6.75. The van der Waals surface area contributed by atoms with Gasteiger partial charge in [-0.2, -0.15) is 0 Å². The number of nitrogens with one attached hydrogen (secondary N) is 1. The summed E-state index contributed by atoms with van der Waals surface area (Å²) >= 11 is 0. The molecule has 0 spiro atoms. The minimum Gasteiger partial charge on any atom is -0.461 e. The number of carbonyl (C=O) groups excluding carboxylic acids is 2. The van der Waals surface area contributed by atoms with Crippen molar-refractivity contribution in [1.82, 2.24) is 9.88 Å². The molecule has 1 aromatic heterocycles. The first-order valence-corrected chi connectivity index (χ1v) is 11.2. The van der Waals surface area contributed by atoms with Gasteiger partial charge >= 0.3 is 5.97 Å². The van der Waals surface area contributed by atoms with E-state index in [4.69, 9.17) is 4.74 Å². The van der Waals surface area contributed by atoms with Gasteiger partial charge in [-0.3, -0.25) is 4.79 Å². The highest BCUT2D eigenvalue weighted by Crippen LogP contribution is 2.32. The Kier molecular flexibility index (Phi) is 7.19. The van der Waals surface area contributed by atoms with Crippen molar-refractivity contribution in [3.63, 3.8) is 0 Å². The summed E-state index contributed by atoms with van der Waals surface area (Å²) in [5.74, 6) is 0.209. The lowest BCUT2D eigenvalue weighted by Gasteiger charge is -2.37. The molecule has 2 aliphatic carbocycles. The predicted molar refractivity (Wildman–Crippen MR) is 110 cm³/mol. The SMILES string of the molecule is CCOC(=O)c1[nH]c(C)c(CN(C(=O)C2CCCCC2)C2CCCCC2)c1C. The van der Waals surface area contributed by atoms with Gasteiger partial charge in [-0.25, -0.2) is 4.79 Å². The number of aromatic nitrogens is 1. The maximum Gasteiger partial charge on any atom is 0.355 e. The Morgan fingerprint density at radius 3 is 2.21 bits per heavy atom. The Hall–Kier alpha value is -1.78. The Morgan fingerprint density at radius 1 is 1.00 bits per heavy atom. The van der Waals surface area contributed by atoms with Crippen molar-refractivity contribution in [1.29, 1.82) is 0 Å². The quantitative estimate of drug-likeness (QED) is 0.694. The van der Waals surface area contributed by atoms with Gasteiger partial charge in [0.05, 0.1) is 6.61 Å². The van der Waals surface area contributed by atoms with Gasteiger partial charge in [-0.15, -0.1) is 0 Å². The summed E-state index contributed by atoms with van der Waals surface area (Å²) in [6.07, 6.45) is 11.5. The van der Waals surface area contributed by atoms with E-state index in [0.717, 1.165) is 42.5 Å². The van der Waals surface area contributed by atoms with E-state index >= 15 is 0 Å². The van der Waals surface area contributed by atoms with Crippen LogP contribution in [0.3, 0.4) is 0 Å². The average molecular weight is 389 g/mol. The smallest absolute Gasteiger partial charge is 0.355 e. The monoisotopic (exact) mass is 388 g/mol. The van der Waals surface area contributed by atoms with Gasteiger partial charge in [0.1, 0.15) is 5.69 Å². The standard InChI is InChI=1S/C23H36N2O3/c1-4-28-23(27)21-16(2)20(17(3)24-21)15-25(19-13-9-6-10-14-19)22(26)18-11-7-5-8-12-18/h18-19,24H,4-15H2,1-3H3. The van der Waals surface area contributed by atoms with Crippen LogP contribution < -0.4 is 0 Å². The molecule has 1 aromatic rings. The number of ether oxygens (including phenoxy) is 1. The predicted octanol–water partition coefficient (Wildman–Crippen LogP) is 5.05. The topological polar surface area (TPSA) is 62.4 Å². The van der Waals surface area contributed by atoms with Crippen LogP contribution in [0.1, 0.15) is 98.4 Å². The van der Waals surface area contributed by atoms with Gasteiger partial charge in [-0.1, -0.05) is 38.5 Å². The fraction of sp³-hybridized carbons (Fsp3) is 0.739. The zero-order valence-electron chi connectivity index (χ0n) is 17.8. The number of nitrogens with zero attached hydrogens (tertiary/aromatic N) is 1. The van der Waals surface area contributed by atoms with Crippen LogP contribution in [0.2, 0.25) is 0 Å². The fourth-order valence-corrected chi connectivity index (χ4v) is 4.97. The van der Waals surface area contributed by atoms with E-state index in [1.54, 1.807) is 0 Å². The molecule has 3 rings (SSSR count). The van der Waals surface area contributed by atoms with E-state index in [1.165, 1.54) is 38.5 Å². The van der Waals surface area contributed by atoms with Gasteiger partial charge in [0.2, 0.25) is 5.91 Å². The highest BCUT2D eigenvalue weighted by molar-refractivity contribution is 5.90. The van der Waals surface area contributed by atoms with E-state index in [-0.39, 0.29) is 11.9 Å². The van der Waals surface area contributed by atoms with Crippen LogP contribution in [-0.2, 0) is 16.1 Å². The number of H-pyrrole nitrogens is 1. The molecule has 2 fully saturated rings. The van der Waals surface area contributed by atoms with Crippen LogP contribution in [0.15, 0.2) is 0 Å². The van der Waals surface area contributed by atoms with Crippen molar-refractivity contribution in [3.8, 4) is 0 Å². The van der Waals surface area contributed by atoms with E-state index in [1.807, 2.05) is 20.8 Å². The van der Waals surface area contributed by atoms with Crippen molar-refractivity contribution in [3.05, 3.63) is 22.5 Å². The van der Waals surface area contributed by atoms with Gasteiger partial charge < -0.3 is 14.6 Å². The molecular formula is C23H36N2O3. The Balaban J connectivity index is 1.84. The molecule has 0 saturated heterocycles. The first kappa shape index (κ1) is 20.9. The molecule has 5 nitrogen and oxygen atoms in total. The van der Waals surface area contributed by atoms with E-state index in [0.29, 0.717) is 30.8 Å². The molecule has 1 amide bonds. The molecule has 1 N–H and O–H groups in total. The Morgan fingerprint density at radius 2 is 1.61 bits per heavy atom. The van der Waals surface area contributed by atoms with Crippen molar-refractivity contribution in [2.75, 3.05) is 6.61 Å². The second-order valence-electron chi connectivity index (χ2n) is 8.54. The lowest BCUT2D eigenvalue weighted by Crippen LogP contribution is -2.44. The highest BCUT2D eigenvalue weighted by atomic mass is 16.5. The van der Waals surface area contributed by atoms with Crippen LogP contribution >= 0.6 is 0 Å². The molecule has 0 atom stereocenters. The lowest BCUT2D eigenvalue weighted by molar-refractivity contribution is -0.140. The van der Waals surface area contributed by atoms with E-state index in [2.05, 4.69) is 9.88 Å². The van der Waals surface area contributed by atoms with Gasteiger partial charge in [0.25, 0.3) is 0 Å². The first-order valence-electron chi connectivity index (χ1n) is 11.2. The number of rotatable bonds is 6. The highest BCUT2D eigenvalue weighted by Gasteiger charge is 2.32. The van der Waals surface area contributed by atoms with Crippen LogP contribution in [-0.4, -0.2) is 34.4 Å². The third kappa shape index (κ3) is 4.61. The number of hydrogen-bond acceptors (Lipinski definition) is 3. The molecule has 2 aliphatic rings. The largest absolute Gasteiger partial charge is 0.461 e. The summed E-state index contributed by atoms with van der Waals surface area (Å²) in [4.78, 5) is 31.1. The number of carbonyl (C=O) groups is 2. The van der Waals surface area contributed by atoms with E-state index < -0.39 is 0 Å². The van der Waals surface area contributed by atoms with Gasteiger partial charge in [-0.05, 0) is 57.6 Å². The zero-order chi connectivity index (χ0) is 20.1. The minimum atomic E-state index is -0.308. The van der Waals surface area contributed by atoms with Crippen LogP contribution in [0.4, 0.5) is 0 Å². The maximum atomic E-state index is 13.5. The number of hydrogen-bond donors (Lipinski definition) is 1. The van der Waals surface area contributed by atoms with E-state index in [9.17, 15) is 9.59 Å². The fourth-order valence-electron chi connectivity index (χ4n) is 4.97. The van der Waals surface area contributed by atoms with Crippen LogP contribution in [0, 0.1) is 19.8 Å². The second-order valence-corrected chi connectivity index (χ2v) is 8.54. The third-order valence-electron chi connectivity index (χ3n) is 6.65.